The van der Waals surface area contributed by atoms with Crippen LogP contribution in [-0.2, 0) is 0 Å². The Balaban J connectivity index is 1.87. The molecule has 1 aliphatic carbocycles. The van der Waals surface area contributed by atoms with E-state index in [2.05, 4.69) is 21.9 Å². The van der Waals surface area contributed by atoms with Gasteiger partial charge in [-0.25, -0.2) is 0 Å². The van der Waals surface area contributed by atoms with Crippen LogP contribution in [0.25, 0.3) is 0 Å². The third-order valence-electron chi connectivity index (χ3n) is 3.28. The van der Waals surface area contributed by atoms with E-state index in [0.29, 0.717) is 25.2 Å². The van der Waals surface area contributed by atoms with Crippen LogP contribution in [0.15, 0.2) is 0 Å². The van der Waals surface area contributed by atoms with Gasteiger partial charge in [0.05, 0.1) is 25.2 Å². The molecule has 0 aromatic rings. The zero-order valence-electron chi connectivity index (χ0n) is 8.89. The lowest BCUT2D eigenvalue weighted by molar-refractivity contribution is 0.208. The normalized spacial score (nSPS) is 26.5. The van der Waals surface area contributed by atoms with Gasteiger partial charge < -0.3 is 0 Å². The summed E-state index contributed by atoms with van der Waals surface area (Å²) in [7, 11) is 0. The molecular formula is C11H16N4. The standard InChI is InChI=1S/C11H16N4/c12-4-7-14-6-3-11(9-14)15(8-5-13)10-1-2-10/h10-11H,1-3,6-9H2. The van der Waals surface area contributed by atoms with Crippen LogP contribution in [0, 0.1) is 22.7 Å². The maximum absolute atomic E-state index is 8.79. The summed E-state index contributed by atoms with van der Waals surface area (Å²) < 4.78 is 0. The number of nitrogens with zero attached hydrogens (tertiary/aromatic N) is 4. The molecule has 4 nitrogen and oxygen atoms in total. The van der Waals surface area contributed by atoms with Crippen LogP contribution in [0.3, 0.4) is 0 Å². The zero-order valence-corrected chi connectivity index (χ0v) is 8.89. The van der Waals surface area contributed by atoms with Crippen molar-refractivity contribution in [1.29, 1.82) is 10.5 Å². The minimum atomic E-state index is 0.505. The Morgan fingerprint density at radius 2 is 1.93 bits per heavy atom. The zero-order chi connectivity index (χ0) is 10.7. The molecule has 0 amide bonds. The average Bonchev–Trinajstić information content (AvgIpc) is 2.96. The Morgan fingerprint density at radius 3 is 2.53 bits per heavy atom. The molecule has 4 heteroatoms. The molecule has 0 N–H and O–H groups in total. The molecule has 1 unspecified atom stereocenters. The van der Waals surface area contributed by atoms with E-state index in [-0.39, 0.29) is 0 Å². The molecule has 0 radical (unpaired) electrons. The Hall–Kier alpha value is -1.10. The van der Waals surface area contributed by atoms with Gasteiger partial charge in [-0.1, -0.05) is 0 Å². The average molecular weight is 204 g/mol. The molecule has 0 aromatic carbocycles. The minimum Gasteiger partial charge on any atom is -0.289 e. The van der Waals surface area contributed by atoms with Gasteiger partial charge in [-0.3, -0.25) is 9.80 Å². The third-order valence-corrected chi connectivity index (χ3v) is 3.28. The molecule has 1 saturated heterocycles. The Kier molecular flexibility index (Phi) is 3.20. The van der Waals surface area contributed by atoms with Crippen molar-refractivity contribution in [3.05, 3.63) is 0 Å². The van der Waals surface area contributed by atoms with E-state index >= 15 is 0 Å². The van der Waals surface area contributed by atoms with Gasteiger partial charge in [0.15, 0.2) is 0 Å². The summed E-state index contributed by atoms with van der Waals surface area (Å²) in [5.74, 6) is 0. The summed E-state index contributed by atoms with van der Waals surface area (Å²) in [6.45, 7) is 3.05. The first-order valence-corrected chi connectivity index (χ1v) is 5.57. The van der Waals surface area contributed by atoms with Crippen molar-refractivity contribution in [3.8, 4) is 12.1 Å². The van der Waals surface area contributed by atoms with Crippen molar-refractivity contribution in [1.82, 2.24) is 9.80 Å². The summed E-state index contributed by atoms with van der Waals surface area (Å²) in [6.07, 6.45) is 3.60. The van der Waals surface area contributed by atoms with Gasteiger partial charge in [0.2, 0.25) is 0 Å². The van der Waals surface area contributed by atoms with Crippen molar-refractivity contribution in [2.45, 2.75) is 31.3 Å². The highest BCUT2D eigenvalue weighted by atomic mass is 15.3. The summed E-state index contributed by atoms with van der Waals surface area (Å²) in [5.41, 5.74) is 0. The highest BCUT2D eigenvalue weighted by molar-refractivity contribution is 4.97. The molecule has 2 aliphatic rings. The Labute approximate surface area is 90.7 Å². The van der Waals surface area contributed by atoms with E-state index in [9.17, 15) is 0 Å². The summed E-state index contributed by atoms with van der Waals surface area (Å²) in [6, 6.07) is 5.60. The van der Waals surface area contributed by atoms with Gasteiger partial charge in [0.1, 0.15) is 0 Å². The van der Waals surface area contributed by atoms with Gasteiger partial charge in [0.25, 0.3) is 0 Å². The van der Waals surface area contributed by atoms with Crippen molar-refractivity contribution in [3.63, 3.8) is 0 Å². The summed E-state index contributed by atoms with van der Waals surface area (Å²) >= 11 is 0. The Bertz CT molecular complexity index is 297. The molecule has 80 valence electrons. The van der Waals surface area contributed by atoms with Crippen molar-refractivity contribution in [2.75, 3.05) is 26.2 Å². The number of hydrogen-bond donors (Lipinski definition) is 0. The monoisotopic (exact) mass is 204 g/mol. The van der Waals surface area contributed by atoms with Crippen LogP contribution in [0.2, 0.25) is 0 Å². The van der Waals surface area contributed by atoms with Crippen molar-refractivity contribution >= 4 is 0 Å². The van der Waals surface area contributed by atoms with Crippen LogP contribution in [0.5, 0.6) is 0 Å². The van der Waals surface area contributed by atoms with Gasteiger partial charge in [-0.2, -0.15) is 10.5 Å². The molecule has 2 rings (SSSR count). The fourth-order valence-electron chi connectivity index (χ4n) is 2.37. The van der Waals surface area contributed by atoms with Gasteiger partial charge in [0, 0.05) is 25.2 Å². The quantitative estimate of drug-likeness (QED) is 0.628. The van der Waals surface area contributed by atoms with E-state index in [4.69, 9.17) is 10.5 Å². The summed E-state index contributed by atoms with van der Waals surface area (Å²) in [5, 5.41) is 17.4. The third kappa shape index (κ3) is 2.47. The molecule has 1 aliphatic heterocycles. The molecule has 1 heterocycles. The number of nitriles is 2. The largest absolute Gasteiger partial charge is 0.289 e. The first kappa shape index (κ1) is 10.4. The molecule has 0 bridgehead atoms. The topological polar surface area (TPSA) is 54.1 Å². The molecule has 2 fully saturated rings. The first-order valence-electron chi connectivity index (χ1n) is 5.57. The second kappa shape index (κ2) is 4.61. The molecule has 0 aromatic heterocycles. The molecule has 15 heavy (non-hydrogen) atoms. The van der Waals surface area contributed by atoms with Gasteiger partial charge >= 0.3 is 0 Å². The van der Waals surface area contributed by atoms with E-state index in [1.807, 2.05) is 0 Å². The fraction of sp³-hybridized carbons (Fsp3) is 0.818. The SMILES string of the molecule is N#CCN1CCC(N(CC#N)C2CC2)C1. The van der Waals surface area contributed by atoms with E-state index in [0.717, 1.165) is 19.5 Å². The maximum atomic E-state index is 8.79. The second-order valence-corrected chi connectivity index (χ2v) is 4.40. The van der Waals surface area contributed by atoms with Gasteiger partial charge in [-0.05, 0) is 19.3 Å². The maximum Gasteiger partial charge on any atom is 0.0871 e. The molecule has 1 saturated carbocycles. The van der Waals surface area contributed by atoms with Gasteiger partial charge in [-0.15, -0.1) is 0 Å². The summed E-state index contributed by atoms with van der Waals surface area (Å²) in [4.78, 5) is 4.51. The smallest absolute Gasteiger partial charge is 0.0871 e. The molecule has 1 atom stereocenters. The second-order valence-electron chi connectivity index (χ2n) is 4.40. The lowest BCUT2D eigenvalue weighted by Gasteiger charge is -2.26. The van der Waals surface area contributed by atoms with E-state index in [1.54, 1.807) is 0 Å². The van der Waals surface area contributed by atoms with Crippen LogP contribution >= 0.6 is 0 Å². The van der Waals surface area contributed by atoms with Crippen LogP contribution in [0.1, 0.15) is 19.3 Å². The van der Waals surface area contributed by atoms with Crippen LogP contribution in [-0.4, -0.2) is 48.1 Å². The molecular weight excluding hydrogens is 188 g/mol. The van der Waals surface area contributed by atoms with Crippen LogP contribution in [0.4, 0.5) is 0 Å². The first-order chi connectivity index (χ1) is 7.35. The van der Waals surface area contributed by atoms with E-state index < -0.39 is 0 Å². The highest BCUT2D eigenvalue weighted by Gasteiger charge is 2.36. The van der Waals surface area contributed by atoms with Crippen LogP contribution < -0.4 is 0 Å². The lowest BCUT2D eigenvalue weighted by atomic mass is 10.2. The lowest BCUT2D eigenvalue weighted by Crippen LogP contribution is -2.39. The number of rotatable bonds is 4. The van der Waals surface area contributed by atoms with Crippen molar-refractivity contribution in [2.24, 2.45) is 0 Å². The number of likely N-dealkylation sites (tertiary alicyclic amines) is 1. The predicted molar refractivity (Wildman–Crippen MR) is 55.8 cm³/mol. The Morgan fingerprint density at radius 1 is 1.13 bits per heavy atom. The predicted octanol–water partition coefficient (Wildman–Crippen LogP) is 0.572. The number of hydrogen-bond acceptors (Lipinski definition) is 4. The fourth-order valence-corrected chi connectivity index (χ4v) is 2.37. The highest BCUT2D eigenvalue weighted by Crippen LogP contribution is 2.30. The molecule has 0 spiro atoms. The van der Waals surface area contributed by atoms with E-state index in [1.165, 1.54) is 12.8 Å². The minimum absolute atomic E-state index is 0.505. The van der Waals surface area contributed by atoms with Crippen molar-refractivity contribution < 1.29 is 0 Å².